The summed E-state index contributed by atoms with van der Waals surface area (Å²) in [5.74, 6) is -0.584. The number of ether oxygens (including phenoxy) is 2. The van der Waals surface area contributed by atoms with E-state index in [-0.39, 0.29) is 34.6 Å². The maximum Gasteiger partial charge on any atom is 0.338 e. The van der Waals surface area contributed by atoms with Gasteiger partial charge in [-0.3, -0.25) is 0 Å². The van der Waals surface area contributed by atoms with Gasteiger partial charge in [-0.05, 0) is 36.4 Å². The van der Waals surface area contributed by atoms with E-state index in [1.165, 1.54) is 30.3 Å². The Balaban J connectivity index is 1.76. The molecule has 0 fully saturated rings. The predicted molar refractivity (Wildman–Crippen MR) is 97.9 cm³/mol. The van der Waals surface area contributed by atoms with Crippen molar-refractivity contribution in [2.45, 2.75) is 6.61 Å². The van der Waals surface area contributed by atoms with E-state index in [2.05, 4.69) is 0 Å². The first-order chi connectivity index (χ1) is 13.6. The van der Waals surface area contributed by atoms with Crippen molar-refractivity contribution < 1.29 is 18.7 Å². The highest BCUT2D eigenvalue weighted by Crippen LogP contribution is 2.27. The molecule has 0 radical (unpaired) electrons. The summed E-state index contributed by atoms with van der Waals surface area (Å²) in [7, 11) is 0. The van der Waals surface area contributed by atoms with Crippen molar-refractivity contribution in [2.24, 2.45) is 0 Å². The van der Waals surface area contributed by atoms with E-state index in [0.717, 1.165) is 0 Å². The fraction of sp³-hybridized carbons (Fsp3) is 0.0455. The average molecular weight is 372 g/mol. The van der Waals surface area contributed by atoms with Crippen molar-refractivity contribution >= 4 is 5.97 Å². The molecule has 0 aromatic heterocycles. The van der Waals surface area contributed by atoms with Crippen molar-refractivity contribution in [3.05, 3.63) is 94.8 Å². The second kappa shape index (κ2) is 8.48. The molecule has 0 atom stereocenters. The number of nitriles is 2. The molecule has 0 aliphatic carbocycles. The van der Waals surface area contributed by atoms with Gasteiger partial charge >= 0.3 is 5.97 Å². The third-order valence-electron chi connectivity index (χ3n) is 3.87. The highest BCUT2D eigenvalue weighted by Gasteiger charge is 2.13. The Morgan fingerprint density at radius 3 is 2.50 bits per heavy atom. The Bertz CT molecular complexity index is 1110. The smallest absolute Gasteiger partial charge is 0.338 e. The Labute approximate surface area is 160 Å². The average Bonchev–Trinajstić information content (AvgIpc) is 2.73. The number of hydrogen-bond donors (Lipinski definition) is 0. The van der Waals surface area contributed by atoms with Crippen LogP contribution < -0.4 is 4.74 Å². The van der Waals surface area contributed by atoms with Crippen molar-refractivity contribution in [3.63, 3.8) is 0 Å². The summed E-state index contributed by atoms with van der Waals surface area (Å²) in [5, 5.41) is 18.4. The second-order valence-corrected chi connectivity index (χ2v) is 5.70. The Morgan fingerprint density at radius 2 is 1.75 bits per heavy atom. The molecule has 3 rings (SSSR count). The summed E-state index contributed by atoms with van der Waals surface area (Å²) in [6.07, 6.45) is 0. The lowest BCUT2D eigenvalue weighted by Gasteiger charge is -2.10. The van der Waals surface area contributed by atoms with Crippen LogP contribution in [0.15, 0.2) is 66.7 Å². The van der Waals surface area contributed by atoms with Gasteiger partial charge in [0.1, 0.15) is 41.6 Å². The molecule has 0 heterocycles. The summed E-state index contributed by atoms with van der Waals surface area (Å²) in [6, 6.07) is 20.8. The highest BCUT2D eigenvalue weighted by molar-refractivity contribution is 5.89. The third kappa shape index (κ3) is 4.14. The normalized spacial score (nSPS) is 9.82. The van der Waals surface area contributed by atoms with Crippen LogP contribution in [0.1, 0.15) is 27.0 Å². The lowest BCUT2D eigenvalue weighted by atomic mass is 10.1. The Kier molecular flexibility index (Phi) is 5.64. The van der Waals surface area contributed by atoms with E-state index in [1.54, 1.807) is 36.4 Å². The zero-order valence-corrected chi connectivity index (χ0v) is 14.6. The van der Waals surface area contributed by atoms with E-state index in [1.807, 2.05) is 12.1 Å². The Morgan fingerprint density at radius 1 is 0.964 bits per heavy atom. The van der Waals surface area contributed by atoms with Crippen LogP contribution in [0.3, 0.4) is 0 Å². The van der Waals surface area contributed by atoms with E-state index in [4.69, 9.17) is 14.7 Å². The van der Waals surface area contributed by atoms with E-state index in [9.17, 15) is 14.4 Å². The molecule has 3 aromatic carbocycles. The molecule has 0 saturated carbocycles. The van der Waals surface area contributed by atoms with Crippen LogP contribution in [-0.4, -0.2) is 5.97 Å². The number of carbonyl (C=O) groups is 1. The molecule has 0 amide bonds. The molecule has 0 N–H and O–H groups in total. The zero-order valence-electron chi connectivity index (χ0n) is 14.6. The van der Waals surface area contributed by atoms with Crippen molar-refractivity contribution in [1.29, 1.82) is 10.5 Å². The lowest BCUT2D eigenvalue weighted by Crippen LogP contribution is -2.06. The maximum absolute atomic E-state index is 13.6. The molecule has 28 heavy (non-hydrogen) atoms. The quantitative estimate of drug-likeness (QED) is 0.605. The SMILES string of the molecule is N#Cc1cccc(Oc2cccc(C(=O)OCc3ccccc3F)c2)c1C#N. The molecular weight excluding hydrogens is 359 g/mol. The molecule has 0 saturated heterocycles. The van der Waals surface area contributed by atoms with Gasteiger partial charge in [-0.1, -0.05) is 30.3 Å². The molecule has 0 aliphatic heterocycles. The number of esters is 1. The number of carbonyl (C=O) groups excluding carboxylic acids is 1. The summed E-state index contributed by atoms with van der Waals surface area (Å²) in [4.78, 5) is 12.3. The number of halogens is 1. The van der Waals surface area contributed by atoms with E-state index >= 15 is 0 Å². The van der Waals surface area contributed by atoms with Gasteiger partial charge < -0.3 is 9.47 Å². The minimum absolute atomic E-state index is 0.109. The summed E-state index contributed by atoms with van der Waals surface area (Å²) < 4.78 is 24.4. The van der Waals surface area contributed by atoms with Gasteiger partial charge in [-0.25, -0.2) is 9.18 Å². The Hall–Kier alpha value is -4.16. The molecule has 136 valence electrons. The maximum atomic E-state index is 13.6. The molecule has 0 aliphatic rings. The van der Waals surface area contributed by atoms with Gasteiger partial charge in [-0.15, -0.1) is 0 Å². The first kappa shape index (κ1) is 18.6. The predicted octanol–water partition coefficient (Wildman–Crippen LogP) is 4.72. The highest BCUT2D eigenvalue weighted by atomic mass is 19.1. The summed E-state index contributed by atoms with van der Waals surface area (Å²) in [6.45, 7) is -0.195. The van der Waals surface area contributed by atoms with Crippen LogP contribution in [0.4, 0.5) is 4.39 Å². The zero-order chi connectivity index (χ0) is 19.9. The molecule has 3 aromatic rings. The fourth-order valence-corrected chi connectivity index (χ4v) is 2.48. The molecule has 6 heteroatoms. The van der Waals surface area contributed by atoms with E-state index in [0.29, 0.717) is 5.75 Å². The fourth-order valence-electron chi connectivity index (χ4n) is 2.48. The van der Waals surface area contributed by atoms with Crippen LogP contribution in [0.5, 0.6) is 11.5 Å². The van der Waals surface area contributed by atoms with Crippen LogP contribution in [0, 0.1) is 28.5 Å². The number of hydrogen-bond acceptors (Lipinski definition) is 5. The minimum atomic E-state index is -0.639. The van der Waals surface area contributed by atoms with Crippen LogP contribution in [0.2, 0.25) is 0 Å². The standard InChI is InChI=1S/C22H13FN2O3/c23-20-9-2-1-5-17(20)14-27-22(26)15-6-3-8-18(11-15)28-21-10-4-7-16(12-24)19(21)13-25/h1-11H,14H2. The van der Waals surface area contributed by atoms with Gasteiger partial charge in [0, 0.05) is 5.56 Å². The van der Waals surface area contributed by atoms with Crippen LogP contribution >= 0.6 is 0 Å². The molecule has 0 bridgehead atoms. The second-order valence-electron chi connectivity index (χ2n) is 5.70. The molecule has 5 nitrogen and oxygen atoms in total. The minimum Gasteiger partial charge on any atom is -0.457 e. The van der Waals surface area contributed by atoms with Crippen LogP contribution in [0.25, 0.3) is 0 Å². The summed E-state index contributed by atoms with van der Waals surface area (Å²) in [5.41, 5.74) is 0.789. The first-order valence-electron chi connectivity index (χ1n) is 8.24. The number of rotatable bonds is 5. The molecular formula is C22H13FN2O3. The number of benzene rings is 3. The van der Waals surface area contributed by atoms with E-state index < -0.39 is 11.8 Å². The van der Waals surface area contributed by atoms with Gasteiger partial charge in [0.05, 0.1) is 11.1 Å². The molecule has 0 spiro atoms. The molecule has 0 unspecified atom stereocenters. The number of nitrogens with zero attached hydrogens (tertiary/aromatic N) is 2. The first-order valence-corrected chi connectivity index (χ1v) is 8.24. The van der Waals surface area contributed by atoms with Gasteiger partial charge in [0.15, 0.2) is 0 Å². The van der Waals surface area contributed by atoms with Gasteiger partial charge in [-0.2, -0.15) is 10.5 Å². The van der Waals surface area contributed by atoms with Crippen molar-refractivity contribution in [1.82, 2.24) is 0 Å². The van der Waals surface area contributed by atoms with Gasteiger partial charge in [0.25, 0.3) is 0 Å². The topological polar surface area (TPSA) is 83.1 Å². The monoisotopic (exact) mass is 372 g/mol. The van der Waals surface area contributed by atoms with Crippen molar-refractivity contribution in [2.75, 3.05) is 0 Å². The third-order valence-corrected chi connectivity index (χ3v) is 3.87. The summed E-state index contributed by atoms with van der Waals surface area (Å²) >= 11 is 0. The lowest BCUT2D eigenvalue weighted by molar-refractivity contribution is 0.0468. The largest absolute Gasteiger partial charge is 0.457 e. The van der Waals surface area contributed by atoms with Crippen molar-refractivity contribution in [3.8, 4) is 23.6 Å². The van der Waals surface area contributed by atoms with Crippen LogP contribution in [-0.2, 0) is 11.3 Å². The van der Waals surface area contributed by atoms with Gasteiger partial charge in [0.2, 0.25) is 0 Å².